The van der Waals surface area contributed by atoms with Crippen LogP contribution in [0.1, 0.15) is 0 Å². The molecule has 2 rings (SSSR count). The number of fused-ring (bicyclic) bond motifs is 1. The number of benzene rings is 1. The fraction of sp³-hybridized carbons (Fsp3) is 0.125. The second-order valence-electron chi connectivity index (χ2n) is 2.50. The fourth-order valence-electron chi connectivity index (χ4n) is 1.06. The van der Waals surface area contributed by atoms with Crippen LogP contribution in [-0.4, -0.2) is 12.0 Å². The second-order valence-corrected chi connectivity index (χ2v) is 3.35. The highest BCUT2D eigenvalue weighted by molar-refractivity contribution is 6.38. The summed E-state index contributed by atoms with van der Waals surface area (Å²) in [5.74, 6) is 0. The minimum atomic E-state index is 0.430. The standard InChI is InChI=1S/C8H6Cl2N2O/c1-11-8-12-7-5(10)2-4(9)3-6(7)13-8/h2-3H,1H3,(H,11,12). The van der Waals surface area contributed by atoms with Crippen LogP contribution in [0.15, 0.2) is 16.5 Å². The highest BCUT2D eigenvalue weighted by Crippen LogP contribution is 2.29. The lowest BCUT2D eigenvalue weighted by Crippen LogP contribution is -1.85. The van der Waals surface area contributed by atoms with Gasteiger partial charge in [0.05, 0.1) is 5.02 Å². The molecule has 0 amide bonds. The van der Waals surface area contributed by atoms with Crippen LogP contribution in [0, 0.1) is 0 Å². The van der Waals surface area contributed by atoms with Crippen LogP contribution < -0.4 is 5.32 Å². The topological polar surface area (TPSA) is 38.1 Å². The summed E-state index contributed by atoms with van der Waals surface area (Å²) in [7, 11) is 1.72. The predicted octanol–water partition coefficient (Wildman–Crippen LogP) is 3.18. The van der Waals surface area contributed by atoms with Crippen LogP contribution in [0.25, 0.3) is 11.1 Å². The van der Waals surface area contributed by atoms with Crippen molar-refractivity contribution in [2.24, 2.45) is 0 Å². The maximum atomic E-state index is 5.90. The number of oxazole rings is 1. The monoisotopic (exact) mass is 216 g/mol. The van der Waals surface area contributed by atoms with Crippen LogP contribution in [0.2, 0.25) is 10.0 Å². The average Bonchev–Trinajstić information content (AvgIpc) is 2.47. The van der Waals surface area contributed by atoms with Gasteiger partial charge in [-0.2, -0.15) is 4.98 Å². The molecule has 2 aromatic rings. The highest BCUT2D eigenvalue weighted by atomic mass is 35.5. The Balaban J connectivity index is 2.75. The molecule has 1 N–H and O–H groups in total. The first kappa shape index (κ1) is 8.66. The number of hydrogen-bond acceptors (Lipinski definition) is 3. The van der Waals surface area contributed by atoms with Crippen molar-refractivity contribution >= 4 is 40.3 Å². The zero-order valence-electron chi connectivity index (χ0n) is 6.77. The first-order valence-electron chi connectivity index (χ1n) is 3.64. The number of hydrogen-bond donors (Lipinski definition) is 1. The van der Waals surface area contributed by atoms with Crippen molar-refractivity contribution in [2.45, 2.75) is 0 Å². The molecule has 3 nitrogen and oxygen atoms in total. The van der Waals surface area contributed by atoms with E-state index in [1.54, 1.807) is 19.2 Å². The summed E-state index contributed by atoms with van der Waals surface area (Å²) in [6.07, 6.45) is 0. The predicted molar refractivity (Wildman–Crippen MR) is 53.6 cm³/mol. The first-order valence-corrected chi connectivity index (χ1v) is 4.39. The van der Waals surface area contributed by atoms with E-state index in [0.29, 0.717) is 27.2 Å². The zero-order valence-corrected chi connectivity index (χ0v) is 8.28. The molecule has 0 atom stereocenters. The van der Waals surface area contributed by atoms with E-state index >= 15 is 0 Å². The summed E-state index contributed by atoms with van der Waals surface area (Å²) in [6, 6.07) is 3.74. The van der Waals surface area contributed by atoms with Gasteiger partial charge in [0, 0.05) is 18.1 Å². The van der Waals surface area contributed by atoms with Gasteiger partial charge >= 0.3 is 0 Å². The van der Waals surface area contributed by atoms with Crippen molar-refractivity contribution in [1.82, 2.24) is 4.98 Å². The van der Waals surface area contributed by atoms with Crippen LogP contribution in [-0.2, 0) is 0 Å². The van der Waals surface area contributed by atoms with E-state index in [9.17, 15) is 0 Å². The Bertz CT molecular complexity index is 453. The summed E-state index contributed by atoms with van der Waals surface area (Å²) >= 11 is 11.7. The van der Waals surface area contributed by atoms with E-state index in [0.717, 1.165) is 0 Å². The summed E-state index contributed by atoms with van der Waals surface area (Å²) in [6.45, 7) is 0. The molecule has 0 saturated heterocycles. The van der Waals surface area contributed by atoms with E-state index in [2.05, 4.69) is 10.3 Å². The molecule has 1 heterocycles. The Morgan fingerprint density at radius 2 is 2.15 bits per heavy atom. The highest BCUT2D eigenvalue weighted by Gasteiger charge is 2.08. The van der Waals surface area contributed by atoms with Crippen LogP contribution in [0.4, 0.5) is 6.01 Å². The quantitative estimate of drug-likeness (QED) is 0.796. The van der Waals surface area contributed by atoms with Crippen LogP contribution in [0.3, 0.4) is 0 Å². The number of rotatable bonds is 1. The molecule has 0 unspecified atom stereocenters. The van der Waals surface area contributed by atoms with E-state index in [1.165, 1.54) is 0 Å². The van der Waals surface area contributed by atoms with Gasteiger partial charge in [-0.1, -0.05) is 23.2 Å². The number of anilines is 1. The molecule has 68 valence electrons. The second kappa shape index (κ2) is 3.09. The van der Waals surface area contributed by atoms with Gasteiger partial charge < -0.3 is 9.73 Å². The molecule has 5 heteroatoms. The molecular formula is C8H6Cl2N2O. The third kappa shape index (κ3) is 1.45. The molecule has 0 aliphatic heterocycles. The Morgan fingerprint density at radius 3 is 2.85 bits per heavy atom. The number of halogens is 2. The number of aromatic nitrogens is 1. The van der Waals surface area contributed by atoms with Gasteiger partial charge in [0.15, 0.2) is 5.58 Å². The summed E-state index contributed by atoms with van der Waals surface area (Å²) in [4.78, 5) is 4.10. The molecule has 0 saturated carbocycles. The van der Waals surface area contributed by atoms with E-state index in [4.69, 9.17) is 27.6 Å². The number of nitrogens with zero attached hydrogens (tertiary/aromatic N) is 1. The van der Waals surface area contributed by atoms with Crippen LogP contribution in [0.5, 0.6) is 0 Å². The smallest absolute Gasteiger partial charge is 0.295 e. The third-order valence-electron chi connectivity index (χ3n) is 1.63. The maximum Gasteiger partial charge on any atom is 0.295 e. The maximum absolute atomic E-state index is 5.90. The molecule has 0 radical (unpaired) electrons. The van der Waals surface area contributed by atoms with Gasteiger partial charge in [-0.25, -0.2) is 0 Å². The lowest BCUT2D eigenvalue weighted by atomic mass is 10.3. The van der Waals surface area contributed by atoms with E-state index < -0.39 is 0 Å². The Hall–Kier alpha value is -0.930. The summed E-state index contributed by atoms with van der Waals surface area (Å²) < 4.78 is 5.29. The van der Waals surface area contributed by atoms with Gasteiger partial charge in [0.1, 0.15) is 5.52 Å². The summed E-state index contributed by atoms with van der Waals surface area (Å²) in [5, 5.41) is 3.82. The normalized spacial score (nSPS) is 10.7. The Kier molecular flexibility index (Phi) is 2.06. The molecular weight excluding hydrogens is 211 g/mol. The third-order valence-corrected chi connectivity index (χ3v) is 2.13. The molecule has 0 aliphatic rings. The molecule has 1 aromatic carbocycles. The van der Waals surface area contributed by atoms with Gasteiger partial charge in [0.2, 0.25) is 0 Å². The molecule has 0 fully saturated rings. The van der Waals surface area contributed by atoms with Crippen molar-refractivity contribution in [2.75, 3.05) is 12.4 Å². The minimum absolute atomic E-state index is 0.430. The zero-order chi connectivity index (χ0) is 9.42. The van der Waals surface area contributed by atoms with Crippen molar-refractivity contribution in [3.63, 3.8) is 0 Å². The minimum Gasteiger partial charge on any atom is -0.423 e. The molecule has 0 spiro atoms. The molecule has 0 bridgehead atoms. The van der Waals surface area contributed by atoms with Gasteiger partial charge in [-0.3, -0.25) is 0 Å². The molecule has 13 heavy (non-hydrogen) atoms. The van der Waals surface area contributed by atoms with Gasteiger partial charge in [0.25, 0.3) is 6.01 Å². The van der Waals surface area contributed by atoms with Gasteiger partial charge in [-0.05, 0) is 6.07 Å². The average molecular weight is 217 g/mol. The lowest BCUT2D eigenvalue weighted by Gasteiger charge is -1.91. The SMILES string of the molecule is CNc1nc2c(Cl)cc(Cl)cc2o1. The Morgan fingerprint density at radius 1 is 1.38 bits per heavy atom. The van der Waals surface area contributed by atoms with Crippen molar-refractivity contribution < 1.29 is 4.42 Å². The van der Waals surface area contributed by atoms with Crippen LogP contribution >= 0.6 is 23.2 Å². The fourth-order valence-corrected chi connectivity index (χ4v) is 1.58. The molecule has 0 aliphatic carbocycles. The van der Waals surface area contributed by atoms with E-state index in [-0.39, 0.29) is 0 Å². The van der Waals surface area contributed by atoms with Crippen molar-refractivity contribution in [3.05, 3.63) is 22.2 Å². The largest absolute Gasteiger partial charge is 0.423 e. The molecule has 1 aromatic heterocycles. The van der Waals surface area contributed by atoms with Gasteiger partial charge in [-0.15, -0.1) is 0 Å². The summed E-state index contributed by atoms with van der Waals surface area (Å²) in [5.41, 5.74) is 1.21. The van der Waals surface area contributed by atoms with Crippen molar-refractivity contribution in [1.29, 1.82) is 0 Å². The van der Waals surface area contributed by atoms with Crippen molar-refractivity contribution in [3.8, 4) is 0 Å². The Labute approximate surface area is 84.6 Å². The number of nitrogens with one attached hydrogen (secondary N) is 1. The first-order chi connectivity index (χ1) is 6.20. The van der Waals surface area contributed by atoms with E-state index in [1.807, 2.05) is 0 Å². The lowest BCUT2D eigenvalue weighted by molar-refractivity contribution is 0.620.